The summed E-state index contributed by atoms with van der Waals surface area (Å²) in [6.45, 7) is 3.94. The Balaban J connectivity index is 2.41. The van der Waals surface area contributed by atoms with Crippen molar-refractivity contribution >= 4 is 23.0 Å². The van der Waals surface area contributed by atoms with Crippen LogP contribution in [-0.4, -0.2) is 4.98 Å². The van der Waals surface area contributed by atoms with Crippen molar-refractivity contribution in [2.24, 2.45) is 0 Å². The number of thiazole rings is 1. The molecule has 0 atom stereocenters. The van der Waals surface area contributed by atoms with Crippen LogP contribution >= 0.6 is 11.3 Å². The highest BCUT2D eigenvalue weighted by Crippen LogP contribution is 2.25. The number of hydrogen-bond donors (Lipinski definition) is 0. The molecule has 0 saturated heterocycles. The van der Waals surface area contributed by atoms with E-state index in [-0.39, 0.29) is 0 Å². The Kier molecular flexibility index (Phi) is 2.88. The molecule has 3 nitrogen and oxygen atoms in total. The first kappa shape index (κ1) is 10.7. The van der Waals surface area contributed by atoms with Crippen molar-refractivity contribution in [2.75, 3.05) is 0 Å². The minimum Gasteiger partial charge on any atom is -0.465 e. The number of aromatic nitrogens is 1. The van der Waals surface area contributed by atoms with Crippen molar-refractivity contribution in [3.8, 4) is 6.07 Å². The lowest BCUT2D eigenvalue weighted by Crippen LogP contribution is -1.80. The second-order valence-electron chi connectivity index (χ2n) is 3.35. The number of rotatable bonds is 2. The maximum Gasteiger partial charge on any atom is 0.134 e. The van der Waals surface area contributed by atoms with E-state index in [2.05, 4.69) is 11.1 Å². The van der Waals surface area contributed by atoms with Gasteiger partial charge in [0.25, 0.3) is 0 Å². The Morgan fingerprint density at radius 2 is 2.38 bits per heavy atom. The van der Waals surface area contributed by atoms with Gasteiger partial charge in [0.2, 0.25) is 0 Å². The molecule has 0 bridgehead atoms. The Morgan fingerprint density at radius 3 is 2.88 bits per heavy atom. The number of aryl methyl sites for hydroxylation is 2. The van der Waals surface area contributed by atoms with Gasteiger partial charge in [0.15, 0.2) is 0 Å². The number of allylic oxidation sites excluding steroid dienone is 1. The molecule has 0 aliphatic carbocycles. The van der Waals surface area contributed by atoms with Crippen molar-refractivity contribution in [2.45, 2.75) is 13.8 Å². The minimum atomic E-state index is 0.538. The number of nitrogens with zero attached hydrogens (tertiary/aromatic N) is 2. The molecule has 0 aromatic carbocycles. The molecule has 2 heterocycles. The fourth-order valence-corrected chi connectivity index (χ4v) is 2.13. The van der Waals surface area contributed by atoms with Gasteiger partial charge in [0.1, 0.15) is 16.8 Å². The SMILES string of the molecule is Cc1nc(/C(C#N)=C/c2ccco2)sc1C. The van der Waals surface area contributed by atoms with E-state index in [1.807, 2.05) is 19.9 Å². The summed E-state index contributed by atoms with van der Waals surface area (Å²) in [5.41, 5.74) is 1.51. The molecule has 0 spiro atoms. The van der Waals surface area contributed by atoms with Crippen LogP contribution < -0.4 is 0 Å². The third-order valence-electron chi connectivity index (χ3n) is 2.21. The highest BCUT2D eigenvalue weighted by Gasteiger charge is 2.09. The van der Waals surface area contributed by atoms with Crippen LogP contribution in [-0.2, 0) is 0 Å². The van der Waals surface area contributed by atoms with E-state index >= 15 is 0 Å². The summed E-state index contributed by atoms with van der Waals surface area (Å²) in [6, 6.07) is 5.75. The summed E-state index contributed by atoms with van der Waals surface area (Å²) in [7, 11) is 0. The summed E-state index contributed by atoms with van der Waals surface area (Å²) in [6.07, 6.45) is 3.29. The number of hydrogen-bond acceptors (Lipinski definition) is 4. The van der Waals surface area contributed by atoms with Gasteiger partial charge < -0.3 is 4.42 Å². The lowest BCUT2D eigenvalue weighted by Gasteiger charge is -1.90. The van der Waals surface area contributed by atoms with E-state index in [0.717, 1.165) is 15.6 Å². The van der Waals surface area contributed by atoms with Crippen LogP contribution in [0.2, 0.25) is 0 Å². The highest BCUT2D eigenvalue weighted by molar-refractivity contribution is 7.12. The first-order valence-corrected chi connectivity index (χ1v) is 5.62. The molecule has 2 rings (SSSR count). The summed E-state index contributed by atoms with van der Waals surface area (Å²) in [5, 5.41) is 9.83. The molecule has 0 saturated carbocycles. The molecular weight excluding hydrogens is 220 g/mol. The Hall–Kier alpha value is -1.86. The summed E-state index contributed by atoms with van der Waals surface area (Å²) >= 11 is 1.53. The topological polar surface area (TPSA) is 49.8 Å². The second-order valence-corrected chi connectivity index (χ2v) is 4.55. The Bertz CT molecular complexity index is 539. The lowest BCUT2D eigenvalue weighted by atomic mass is 10.2. The molecule has 0 radical (unpaired) electrons. The third kappa shape index (κ3) is 2.05. The lowest BCUT2D eigenvalue weighted by molar-refractivity contribution is 0.557. The number of furan rings is 1. The van der Waals surface area contributed by atoms with Crippen molar-refractivity contribution in [3.05, 3.63) is 39.7 Å². The van der Waals surface area contributed by atoms with Gasteiger partial charge in [-0.05, 0) is 26.0 Å². The molecule has 2 aromatic rings. The standard InChI is InChI=1S/C12H10N2OS/c1-8-9(2)16-12(14-8)10(7-13)6-11-4-3-5-15-11/h3-6H,1-2H3/b10-6+. The molecule has 16 heavy (non-hydrogen) atoms. The highest BCUT2D eigenvalue weighted by atomic mass is 32.1. The molecule has 0 fully saturated rings. The first-order chi connectivity index (χ1) is 7.70. The van der Waals surface area contributed by atoms with E-state index in [1.54, 1.807) is 18.4 Å². The third-order valence-corrected chi connectivity index (χ3v) is 3.32. The average Bonchev–Trinajstić information content (AvgIpc) is 2.86. The van der Waals surface area contributed by atoms with E-state index in [9.17, 15) is 0 Å². The molecule has 0 aliphatic heterocycles. The molecule has 2 aromatic heterocycles. The van der Waals surface area contributed by atoms with E-state index in [0.29, 0.717) is 11.3 Å². The van der Waals surface area contributed by atoms with Crippen LogP contribution in [0.25, 0.3) is 11.6 Å². The maximum absolute atomic E-state index is 9.09. The predicted octanol–water partition coefficient (Wildman–Crippen LogP) is 3.42. The second kappa shape index (κ2) is 4.33. The molecule has 0 aliphatic rings. The van der Waals surface area contributed by atoms with E-state index in [4.69, 9.17) is 9.68 Å². The zero-order valence-electron chi connectivity index (χ0n) is 9.02. The van der Waals surface area contributed by atoms with Crippen LogP contribution in [0, 0.1) is 25.2 Å². The van der Waals surface area contributed by atoms with Crippen molar-refractivity contribution in [1.29, 1.82) is 5.26 Å². The van der Waals surface area contributed by atoms with Crippen molar-refractivity contribution in [1.82, 2.24) is 4.98 Å². The van der Waals surface area contributed by atoms with Gasteiger partial charge in [-0.15, -0.1) is 11.3 Å². The van der Waals surface area contributed by atoms with Gasteiger partial charge >= 0.3 is 0 Å². The zero-order chi connectivity index (χ0) is 11.5. The minimum absolute atomic E-state index is 0.538. The molecule has 0 unspecified atom stereocenters. The molecule has 4 heteroatoms. The van der Waals surface area contributed by atoms with Crippen LogP contribution in [0.4, 0.5) is 0 Å². The fourth-order valence-electron chi connectivity index (χ4n) is 1.25. The first-order valence-electron chi connectivity index (χ1n) is 4.80. The summed E-state index contributed by atoms with van der Waals surface area (Å²) in [5.74, 6) is 0.669. The van der Waals surface area contributed by atoms with Gasteiger partial charge in [0, 0.05) is 11.0 Å². The van der Waals surface area contributed by atoms with Gasteiger partial charge in [0.05, 0.1) is 17.5 Å². The van der Waals surface area contributed by atoms with Gasteiger partial charge in [-0.1, -0.05) is 0 Å². The summed E-state index contributed by atoms with van der Waals surface area (Å²) < 4.78 is 5.17. The maximum atomic E-state index is 9.09. The smallest absolute Gasteiger partial charge is 0.134 e. The van der Waals surface area contributed by atoms with Gasteiger partial charge in [-0.3, -0.25) is 0 Å². The normalized spacial score (nSPS) is 11.4. The van der Waals surface area contributed by atoms with Crippen LogP contribution in [0.15, 0.2) is 22.8 Å². The average molecular weight is 230 g/mol. The van der Waals surface area contributed by atoms with Crippen molar-refractivity contribution in [3.63, 3.8) is 0 Å². The molecule has 0 N–H and O–H groups in total. The van der Waals surface area contributed by atoms with E-state index in [1.165, 1.54) is 11.3 Å². The quantitative estimate of drug-likeness (QED) is 0.743. The van der Waals surface area contributed by atoms with Crippen molar-refractivity contribution < 1.29 is 4.42 Å². The van der Waals surface area contributed by atoms with Gasteiger partial charge in [-0.25, -0.2) is 4.98 Å². The predicted molar refractivity (Wildman–Crippen MR) is 63.8 cm³/mol. The van der Waals surface area contributed by atoms with Crippen LogP contribution in [0.3, 0.4) is 0 Å². The van der Waals surface area contributed by atoms with Crippen LogP contribution in [0.5, 0.6) is 0 Å². The van der Waals surface area contributed by atoms with E-state index < -0.39 is 0 Å². The summed E-state index contributed by atoms with van der Waals surface area (Å²) in [4.78, 5) is 5.48. The van der Waals surface area contributed by atoms with Crippen LogP contribution in [0.1, 0.15) is 21.3 Å². The van der Waals surface area contributed by atoms with Gasteiger partial charge in [-0.2, -0.15) is 5.26 Å². The molecule has 80 valence electrons. The monoisotopic (exact) mass is 230 g/mol. The molecule has 0 amide bonds. The Morgan fingerprint density at radius 1 is 1.56 bits per heavy atom. The number of nitriles is 1. The Labute approximate surface area is 97.7 Å². The molecular formula is C12H10N2OS. The zero-order valence-corrected chi connectivity index (χ0v) is 9.84. The fraction of sp³-hybridized carbons (Fsp3) is 0.167. The largest absolute Gasteiger partial charge is 0.465 e.